The van der Waals surface area contributed by atoms with Crippen LogP contribution in [0.5, 0.6) is 0 Å². The smallest absolute Gasteiger partial charge is 0.00200 e. The molecule has 2 aliphatic rings. The van der Waals surface area contributed by atoms with Crippen molar-refractivity contribution in [2.75, 3.05) is 13.1 Å². The van der Waals surface area contributed by atoms with Gasteiger partial charge in [0.05, 0.1) is 0 Å². The van der Waals surface area contributed by atoms with Crippen molar-refractivity contribution in [1.82, 2.24) is 5.32 Å². The standard InChI is InChI=1S/C11H21N/c1-9(11-4-5-11)2-3-10-6-7-12-8-10/h9-12H,2-8H2,1H3. The van der Waals surface area contributed by atoms with Crippen LogP contribution in [-0.4, -0.2) is 13.1 Å². The van der Waals surface area contributed by atoms with Gasteiger partial charge in [-0.05, 0) is 56.5 Å². The van der Waals surface area contributed by atoms with E-state index >= 15 is 0 Å². The minimum atomic E-state index is 1.01. The predicted molar refractivity (Wildman–Crippen MR) is 52.1 cm³/mol. The van der Waals surface area contributed by atoms with Crippen LogP contribution in [0.1, 0.15) is 39.0 Å². The zero-order valence-corrected chi connectivity index (χ0v) is 8.18. The third-order valence-electron chi connectivity index (χ3n) is 3.62. The van der Waals surface area contributed by atoms with Crippen molar-refractivity contribution in [1.29, 1.82) is 0 Å². The van der Waals surface area contributed by atoms with E-state index in [1.165, 1.54) is 45.2 Å². The van der Waals surface area contributed by atoms with E-state index in [0.717, 1.165) is 17.8 Å². The molecule has 1 aliphatic heterocycles. The third-order valence-corrected chi connectivity index (χ3v) is 3.62. The number of rotatable bonds is 4. The second kappa shape index (κ2) is 3.78. The van der Waals surface area contributed by atoms with E-state index in [-0.39, 0.29) is 0 Å². The Morgan fingerprint density at radius 2 is 2.17 bits per heavy atom. The molecule has 1 saturated heterocycles. The van der Waals surface area contributed by atoms with Crippen LogP contribution in [-0.2, 0) is 0 Å². The van der Waals surface area contributed by atoms with Gasteiger partial charge >= 0.3 is 0 Å². The van der Waals surface area contributed by atoms with Gasteiger partial charge in [-0.25, -0.2) is 0 Å². The Kier molecular flexibility index (Phi) is 2.69. The average molecular weight is 167 g/mol. The van der Waals surface area contributed by atoms with Gasteiger partial charge in [0.2, 0.25) is 0 Å². The summed E-state index contributed by atoms with van der Waals surface area (Å²) in [6.45, 7) is 5.00. The van der Waals surface area contributed by atoms with Crippen LogP contribution in [0, 0.1) is 17.8 Å². The van der Waals surface area contributed by atoms with Crippen molar-refractivity contribution < 1.29 is 0 Å². The molecule has 0 amide bonds. The van der Waals surface area contributed by atoms with E-state index in [0.29, 0.717) is 0 Å². The van der Waals surface area contributed by atoms with Crippen LogP contribution in [0.3, 0.4) is 0 Å². The molecule has 0 spiro atoms. The lowest BCUT2D eigenvalue weighted by atomic mass is 9.93. The summed E-state index contributed by atoms with van der Waals surface area (Å²) in [5.41, 5.74) is 0. The first-order chi connectivity index (χ1) is 5.86. The van der Waals surface area contributed by atoms with Crippen LogP contribution < -0.4 is 5.32 Å². The summed E-state index contributed by atoms with van der Waals surface area (Å²) in [7, 11) is 0. The molecule has 1 saturated carbocycles. The summed E-state index contributed by atoms with van der Waals surface area (Å²) >= 11 is 0. The Hall–Kier alpha value is -0.0400. The van der Waals surface area contributed by atoms with Gasteiger partial charge in [-0.1, -0.05) is 13.3 Å². The molecule has 0 aromatic rings. The fourth-order valence-electron chi connectivity index (χ4n) is 2.36. The number of hydrogen-bond donors (Lipinski definition) is 1. The van der Waals surface area contributed by atoms with E-state index in [1.807, 2.05) is 0 Å². The highest BCUT2D eigenvalue weighted by atomic mass is 14.9. The molecule has 70 valence electrons. The van der Waals surface area contributed by atoms with Crippen LogP contribution in [0.4, 0.5) is 0 Å². The summed E-state index contributed by atoms with van der Waals surface area (Å²) in [4.78, 5) is 0. The van der Waals surface area contributed by atoms with Gasteiger partial charge in [-0.2, -0.15) is 0 Å². The molecule has 1 heteroatoms. The van der Waals surface area contributed by atoms with Crippen molar-refractivity contribution in [3.05, 3.63) is 0 Å². The Morgan fingerprint density at radius 3 is 2.75 bits per heavy atom. The lowest BCUT2D eigenvalue weighted by Crippen LogP contribution is -2.10. The zero-order chi connectivity index (χ0) is 8.39. The molecule has 2 unspecified atom stereocenters. The van der Waals surface area contributed by atoms with Gasteiger partial charge in [0, 0.05) is 0 Å². The van der Waals surface area contributed by atoms with E-state index in [2.05, 4.69) is 12.2 Å². The molecule has 2 atom stereocenters. The lowest BCUT2D eigenvalue weighted by Gasteiger charge is -2.12. The van der Waals surface area contributed by atoms with Crippen molar-refractivity contribution in [2.45, 2.75) is 39.0 Å². The zero-order valence-electron chi connectivity index (χ0n) is 8.18. The molecule has 0 radical (unpaired) electrons. The van der Waals surface area contributed by atoms with E-state index in [9.17, 15) is 0 Å². The molecule has 0 aromatic heterocycles. The molecule has 1 heterocycles. The summed E-state index contributed by atoms with van der Waals surface area (Å²) in [5.74, 6) is 3.14. The molecule has 0 bridgehead atoms. The Bertz CT molecular complexity index is 132. The van der Waals surface area contributed by atoms with Crippen molar-refractivity contribution in [2.24, 2.45) is 17.8 Å². The maximum Gasteiger partial charge on any atom is -0.00200 e. The second-order valence-corrected chi connectivity index (χ2v) is 4.75. The fourth-order valence-corrected chi connectivity index (χ4v) is 2.36. The van der Waals surface area contributed by atoms with Gasteiger partial charge in [-0.15, -0.1) is 0 Å². The second-order valence-electron chi connectivity index (χ2n) is 4.75. The molecule has 12 heavy (non-hydrogen) atoms. The molecular weight excluding hydrogens is 146 g/mol. The highest BCUT2D eigenvalue weighted by Crippen LogP contribution is 2.39. The van der Waals surface area contributed by atoms with Gasteiger partial charge in [0.15, 0.2) is 0 Å². The maximum atomic E-state index is 3.44. The first kappa shape index (κ1) is 8.55. The predicted octanol–water partition coefficient (Wildman–Crippen LogP) is 2.42. The molecule has 2 rings (SSSR count). The molecule has 1 N–H and O–H groups in total. The molecular formula is C11H21N. The van der Waals surface area contributed by atoms with E-state index in [4.69, 9.17) is 0 Å². The Labute approximate surface area is 75.9 Å². The highest BCUT2D eigenvalue weighted by Gasteiger charge is 2.28. The molecule has 2 fully saturated rings. The first-order valence-electron chi connectivity index (χ1n) is 5.57. The van der Waals surface area contributed by atoms with Crippen LogP contribution >= 0.6 is 0 Å². The SMILES string of the molecule is CC(CCC1CCNC1)C1CC1. The average Bonchev–Trinajstić information content (AvgIpc) is 2.80. The maximum absolute atomic E-state index is 3.44. The summed E-state index contributed by atoms with van der Waals surface area (Å²) in [6.07, 6.45) is 7.42. The van der Waals surface area contributed by atoms with Gasteiger partial charge in [-0.3, -0.25) is 0 Å². The van der Waals surface area contributed by atoms with Crippen LogP contribution in [0.2, 0.25) is 0 Å². The molecule has 0 aromatic carbocycles. The Balaban J connectivity index is 1.60. The minimum absolute atomic E-state index is 1.01. The topological polar surface area (TPSA) is 12.0 Å². The van der Waals surface area contributed by atoms with Gasteiger partial charge in [0.1, 0.15) is 0 Å². The number of hydrogen-bond acceptors (Lipinski definition) is 1. The molecule has 1 nitrogen and oxygen atoms in total. The fraction of sp³-hybridized carbons (Fsp3) is 1.00. The van der Waals surface area contributed by atoms with Crippen LogP contribution in [0.25, 0.3) is 0 Å². The van der Waals surface area contributed by atoms with Crippen LogP contribution in [0.15, 0.2) is 0 Å². The largest absolute Gasteiger partial charge is 0.316 e. The lowest BCUT2D eigenvalue weighted by molar-refractivity contribution is 0.398. The summed E-state index contributed by atoms with van der Waals surface area (Å²) in [5, 5.41) is 3.44. The quantitative estimate of drug-likeness (QED) is 0.678. The van der Waals surface area contributed by atoms with Crippen molar-refractivity contribution >= 4 is 0 Å². The van der Waals surface area contributed by atoms with E-state index < -0.39 is 0 Å². The van der Waals surface area contributed by atoms with Crippen molar-refractivity contribution in [3.63, 3.8) is 0 Å². The first-order valence-corrected chi connectivity index (χ1v) is 5.57. The monoisotopic (exact) mass is 167 g/mol. The summed E-state index contributed by atoms with van der Waals surface area (Å²) < 4.78 is 0. The van der Waals surface area contributed by atoms with Crippen molar-refractivity contribution in [3.8, 4) is 0 Å². The third kappa shape index (κ3) is 2.22. The Morgan fingerprint density at radius 1 is 1.33 bits per heavy atom. The van der Waals surface area contributed by atoms with Gasteiger partial charge in [0.25, 0.3) is 0 Å². The van der Waals surface area contributed by atoms with E-state index in [1.54, 1.807) is 0 Å². The highest BCUT2D eigenvalue weighted by molar-refractivity contribution is 4.80. The summed E-state index contributed by atoms with van der Waals surface area (Å²) in [6, 6.07) is 0. The number of nitrogens with one attached hydrogen (secondary N) is 1. The normalized spacial score (nSPS) is 32.2. The van der Waals surface area contributed by atoms with Gasteiger partial charge < -0.3 is 5.32 Å². The minimum Gasteiger partial charge on any atom is -0.316 e. The molecule has 1 aliphatic carbocycles.